The number of rotatable bonds is 9. The fourth-order valence-corrected chi connectivity index (χ4v) is 2.11. The molecule has 1 aromatic rings. The van der Waals surface area contributed by atoms with Gasteiger partial charge in [-0.25, -0.2) is 0 Å². The lowest BCUT2D eigenvalue weighted by Crippen LogP contribution is -2.14. The van der Waals surface area contributed by atoms with Gasteiger partial charge >= 0.3 is 0 Å². The van der Waals surface area contributed by atoms with Crippen LogP contribution in [0, 0.1) is 6.92 Å². The van der Waals surface area contributed by atoms with Crippen LogP contribution in [0.5, 0.6) is 5.75 Å². The van der Waals surface area contributed by atoms with Gasteiger partial charge in [0.15, 0.2) is 0 Å². The van der Waals surface area contributed by atoms with Gasteiger partial charge in [-0.1, -0.05) is 56.7 Å². The second kappa shape index (κ2) is 8.98. The van der Waals surface area contributed by atoms with Gasteiger partial charge in [0, 0.05) is 12.1 Å². The van der Waals surface area contributed by atoms with Crippen LogP contribution in [0.25, 0.3) is 0 Å². The van der Waals surface area contributed by atoms with E-state index in [0.29, 0.717) is 5.75 Å². The molecule has 2 nitrogen and oxygen atoms in total. The number of hydrogen-bond acceptors (Lipinski definition) is 2. The van der Waals surface area contributed by atoms with Crippen LogP contribution in [0.3, 0.4) is 0 Å². The van der Waals surface area contributed by atoms with Crippen molar-refractivity contribution < 1.29 is 5.11 Å². The summed E-state index contributed by atoms with van der Waals surface area (Å²) in [5.74, 6) is 0.399. The summed E-state index contributed by atoms with van der Waals surface area (Å²) in [5, 5.41) is 13.1. The summed E-state index contributed by atoms with van der Waals surface area (Å²) in [6.07, 6.45) is 7.94. The zero-order chi connectivity index (χ0) is 13.2. The van der Waals surface area contributed by atoms with Crippen molar-refractivity contribution >= 4 is 0 Å². The van der Waals surface area contributed by atoms with Gasteiger partial charge in [-0.05, 0) is 26.0 Å². The van der Waals surface area contributed by atoms with Crippen LogP contribution in [0.1, 0.15) is 56.6 Å². The molecule has 102 valence electrons. The van der Waals surface area contributed by atoms with Crippen molar-refractivity contribution in [3.63, 3.8) is 0 Å². The van der Waals surface area contributed by atoms with Gasteiger partial charge in [-0.2, -0.15) is 0 Å². The molecular weight excluding hydrogens is 222 g/mol. The summed E-state index contributed by atoms with van der Waals surface area (Å²) < 4.78 is 0. The lowest BCUT2D eigenvalue weighted by atomic mass is 10.1. The van der Waals surface area contributed by atoms with Gasteiger partial charge < -0.3 is 10.4 Å². The Hall–Kier alpha value is -1.02. The highest BCUT2D eigenvalue weighted by Crippen LogP contribution is 2.17. The van der Waals surface area contributed by atoms with Crippen molar-refractivity contribution in [2.75, 3.05) is 6.54 Å². The molecule has 0 aliphatic rings. The number of unbranched alkanes of at least 4 members (excludes halogenated alkanes) is 5. The van der Waals surface area contributed by atoms with E-state index in [1.165, 1.54) is 44.1 Å². The molecule has 2 heteroatoms. The third kappa shape index (κ3) is 6.06. The molecule has 0 atom stereocenters. The highest BCUT2D eigenvalue weighted by Gasteiger charge is 2.00. The molecule has 0 heterocycles. The highest BCUT2D eigenvalue weighted by molar-refractivity contribution is 5.35. The van der Waals surface area contributed by atoms with Crippen LogP contribution in [-0.2, 0) is 6.54 Å². The smallest absolute Gasteiger partial charge is 0.120 e. The van der Waals surface area contributed by atoms with E-state index in [2.05, 4.69) is 19.2 Å². The molecule has 0 aromatic heterocycles. The van der Waals surface area contributed by atoms with E-state index in [-0.39, 0.29) is 0 Å². The third-order valence-corrected chi connectivity index (χ3v) is 3.26. The average Bonchev–Trinajstić information content (AvgIpc) is 2.36. The predicted molar refractivity (Wildman–Crippen MR) is 77.9 cm³/mol. The number of phenolic OH excluding ortho intramolecular Hbond substituents is 1. The molecule has 0 saturated heterocycles. The van der Waals surface area contributed by atoms with Crippen molar-refractivity contribution in [1.29, 1.82) is 0 Å². The van der Waals surface area contributed by atoms with Crippen molar-refractivity contribution in [2.45, 2.75) is 58.9 Å². The van der Waals surface area contributed by atoms with E-state index in [1.54, 1.807) is 6.07 Å². The molecule has 0 aliphatic carbocycles. The van der Waals surface area contributed by atoms with E-state index in [1.807, 2.05) is 12.1 Å². The first-order valence-corrected chi connectivity index (χ1v) is 7.23. The molecule has 0 bridgehead atoms. The zero-order valence-corrected chi connectivity index (χ0v) is 11.8. The van der Waals surface area contributed by atoms with E-state index in [0.717, 1.165) is 18.7 Å². The molecular formula is C16H27NO. The first-order valence-electron chi connectivity index (χ1n) is 7.23. The Labute approximate surface area is 111 Å². The molecule has 0 amide bonds. The lowest BCUT2D eigenvalue weighted by Gasteiger charge is -2.07. The van der Waals surface area contributed by atoms with Crippen molar-refractivity contribution in [1.82, 2.24) is 5.32 Å². The molecule has 18 heavy (non-hydrogen) atoms. The van der Waals surface area contributed by atoms with E-state index >= 15 is 0 Å². The third-order valence-electron chi connectivity index (χ3n) is 3.26. The number of hydrogen-bond donors (Lipinski definition) is 2. The number of aromatic hydroxyl groups is 1. The molecule has 0 fully saturated rings. The number of phenols is 1. The Morgan fingerprint density at radius 2 is 1.78 bits per heavy atom. The van der Waals surface area contributed by atoms with Crippen LogP contribution < -0.4 is 5.32 Å². The molecule has 0 radical (unpaired) electrons. The Kier molecular flexibility index (Phi) is 7.51. The molecule has 0 aliphatic heterocycles. The fourth-order valence-electron chi connectivity index (χ4n) is 2.11. The van der Waals surface area contributed by atoms with E-state index in [9.17, 15) is 5.11 Å². The Morgan fingerprint density at radius 3 is 2.56 bits per heavy atom. The highest BCUT2D eigenvalue weighted by atomic mass is 16.3. The van der Waals surface area contributed by atoms with E-state index in [4.69, 9.17) is 0 Å². The van der Waals surface area contributed by atoms with Crippen LogP contribution >= 0.6 is 0 Å². The van der Waals surface area contributed by atoms with Gasteiger partial charge in [0.25, 0.3) is 0 Å². The van der Waals surface area contributed by atoms with Gasteiger partial charge in [-0.15, -0.1) is 0 Å². The summed E-state index contributed by atoms with van der Waals surface area (Å²) in [5.41, 5.74) is 2.20. The van der Waals surface area contributed by atoms with Crippen LogP contribution in [-0.4, -0.2) is 11.7 Å². The minimum atomic E-state index is 0.399. The van der Waals surface area contributed by atoms with Gasteiger partial charge in [0.05, 0.1) is 0 Å². The van der Waals surface area contributed by atoms with Crippen molar-refractivity contribution in [2.24, 2.45) is 0 Å². The number of benzene rings is 1. The summed E-state index contributed by atoms with van der Waals surface area (Å²) in [7, 11) is 0. The molecule has 1 aromatic carbocycles. The first kappa shape index (κ1) is 15.0. The average molecular weight is 249 g/mol. The number of aryl methyl sites for hydroxylation is 1. The minimum Gasteiger partial charge on any atom is -0.508 e. The molecule has 2 N–H and O–H groups in total. The molecule has 1 rings (SSSR count). The summed E-state index contributed by atoms with van der Waals surface area (Å²) in [6, 6.07) is 5.76. The maximum absolute atomic E-state index is 9.69. The SMILES string of the molecule is CCCCCCCCNCc1cc(C)ccc1O. The zero-order valence-electron chi connectivity index (χ0n) is 11.8. The van der Waals surface area contributed by atoms with Crippen molar-refractivity contribution in [3.05, 3.63) is 29.3 Å². The summed E-state index contributed by atoms with van der Waals surface area (Å²) in [4.78, 5) is 0. The summed E-state index contributed by atoms with van der Waals surface area (Å²) >= 11 is 0. The largest absolute Gasteiger partial charge is 0.508 e. The monoisotopic (exact) mass is 249 g/mol. The molecule has 0 spiro atoms. The van der Waals surface area contributed by atoms with Gasteiger partial charge in [0.1, 0.15) is 5.75 Å². The van der Waals surface area contributed by atoms with Crippen LogP contribution in [0.2, 0.25) is 0 Å². The maximum Gasteiger partial charge on any atom is 0.120 e. The van der Waals surface area contributed by atoms with Crippen molar-refractivity contribution in [3.8, 4) is 5.75 Å². The number of nitrogens with one attached hydrogen (secondary N) is 1. The summed E-state index contributed by atoms with van der Waals surface area (Å²) in [6.45, 7) is 6.11. The molecule has 0 unspecified atom stereocenters. The standard InChI is InChI=1S/C16H27NO/c1-3-4-5-6-7-8-11-17-13-15-12-14(2)9-10-16(15)18/h9-10,12,17-18H,3-8,11,13H2,1-2H3. The maximum atomic E-state index is 9.69. The minimum absolute atomic E-state index is 0.399. The molecule has 0 saturated carbocycles. The van der Waals surface area contributed by atoms with E-state index < -0.39 is 0 Å². The van der Waals surface area contributed by atoms with Gasteiger partial charge in [-0.3, -0.25) is 0 Å². The Morgan fingerprint density at radius 1 is 1.06 bits per heavy atom. The quantitative estimate of drug-likeness (QED) is 0.644. The van der Waals surface area contributed by atoms with Crippen LogP contribution in [0.4, 0.5) is 0 Å². The van der Waals surface area contributed by atoms with Crippen LogP contribution in [0.15, 0.2) is 18.2 Å². The lowest BCUT2D eigenvalue weighted by molar-refractivity contribution is 0.463. The second-order valence-corrected chi connectivity index (χ2v) is 5.08. The fraction of sp³-hybridized carbons (Fsp3) is 0.625. The topological polar surface area (TPSA) is 32.3 Å². The van der Waals surface area contributed by atoms with Gasteiger partial charge in [0.2, 0.25) is 0 Å². The predicted octanol–water partition coefficient (Wildman–Crippen LogP) is 4.15. The Bertz CT molecular complexity index is 336. The normalized spacial score (nSPS) is 10.8. The Balaban J connectivity index is 2.09. The second-order valence-electron chi connectivity index (χ2n) is 5.08. The first-order chi connectivity index (χ1) is 8.74.